The molecule has 0 bridgehead atoms. The van der Waals surface area contributed by atoms with Crippen LogP contribution in [0.25, 0.3) is 0 Å². The van der Waals surface area contributed by atoms with Crippen LogP contribution in [0.5, 0.6) is 5.75 Å². The molecule has 2 N–H and O–H groups in total. The third-order valence-electron chi connectivity index (χ3n) is 4.13. The third kappa shape index (κ3) is 6.31. The lowest BCUT2D eigenvalue weighted by molar-refractivity contribution is -0.116. The van der Waals surface area contributed by atoms with Crippen molar-refractivity contribution in [1.82, 2.24) is 9.62 Å². The fourth-order valence-corrected chi connectivity index (χ4v) is 4.23. The van der Waals surface area contributed by atoms with Gasteiger partial charge in [-0.1, -0.05) is 12.0 Å². The van der Waals surface area contributed by atoms with Gasteiger partial charge in [0.05, 0.1) is 13.7 Å². The van der Waals surface area contributed by atoms with Crippen molar-refractivity contribution in [3.8, 4) is 18.1 Å². The van der Waals surface area contributed by atoms with E-state index in [2.05, 4.69) is 16.0 Å². The summed E-state index contributed by atoms with van der Waals surface area (Å²) in [5.74, 6) is 1.65. The van der Waals surface area contributed by atoms with Crippen molar-refractivity contribution in [3.05, 3.63) is 53.6 Å². The molecule has 0 fully saturated rings. The monoisotopic (exact) mass is 443 g/mol. The predicted octanol–water partition coefficient (Wildman–Crippen LogP) is 2.07. The number of carbonyl (C=O) groups excluding carboxylic acids is 2. The van der Waals surface area contributed by atoms with Gasteiger partial charge in [0.2, 0.25) is 15.9 Å². The van der Waals surface area contributed by atoms with Gasteiger partial charge in [0.1, 0.15) is 10.6 Å². The quantitative estimate of drug-likeness (QED) is 0.608. The zero-order chi connectivity index (χ0) is 23.2. The molecule has 164 valence electrons. The molecule has 0 spiro atoms. The fraction of sp³-hybridized carbons (Fsp3) is 0.273. The van der Waals surface area contributed by atoms with Gasteiger partial charge in [-0.2, -0.15) is 0 Å². The summed E-state index contributed by atoms with van der Waals surface area (Å²) in [4.78, 5) is 26.2. The number of rotatable bonds is 8. The van der Waals surface area contributed by atoms with Crippen molar-refractivity contribution in [1.29, 1.82) is 0 Å². The minimum absolute atomic E-state index is 0.106. The summed E-state index contributed by atoms with van der Waals surface area (Å²) in [6.45, 7) is 3.13. The molecule has 0 saturated carbocycles. The largest absolute Gasteiger partial charge is 0.495 e. The maximum absolute atomic E-state index is 12.8. The number of nitrogens with one attached hydrogen (secondary N) is 2. The van der Waals surface area contributed by atoms with E-state index in [-0.39, 0.29) is 28.8 Å². The molecule has 9 heteroatoms. The minimum Gasteiger partial charge on any atom is -0.495 e. The van der Waals surface area contributed by atoms with Crippen LogP contribution in [0.3, 0.4) is 0 Å². The molecule has 31 heavy (non-hydrogen) atoms. The van der Waals surface area contributed by atoms with Gasteiger partial charge in [0, 0.05) is 29.9 Å². The summed E-state index contributed by atoms with van der Waals surface area (Å²) in [5.41, 5.74) is 1.23. The van der Waals surface area contributed by atoms with E-state index in [1.54, 1.807) is 38.1 Å². The number of carbonyl (C=O) groups is 2. The zero-order valence-electron chi connectivity index (χ0n) is 17.8. The Hall–Kier alpha value is -3.35. The number of likely N-dealkylation sites (N-methyl/N-ethyl adjacent to an activating group) is 1. The summed E-state index contributed by atoms with van der Waals surface area (Å²) in [6, 6.07) is 10.5. The van der Waals surface area contributed by atoms with Crippen LogP contribution in [-0.4, -0.2) is 51.9 Å². The Morgan fingerprint density at radius 2 is 1.90 bits per heavy atom. The highest BCUT2D eigenvalue weighted by Gasteiger charge is 2.24. The Bertz CT molecular complexity index is 1120. The van der Waals surface area contributed by atoms with Gasteiger partial charge in [-0.15, -0.1) is 6.42 Å². The summed E-state index contributed by atoms with van der Waals surface area (Å²) >= 11 is 0. The van der Waals surface area contributed by atoms with Crippen molar-refractivity contribution in [3.63, 3.8) is 0 Å². The first-order valence-corrected chi connectivity index (χ1v) is 10.9. The van der Waals surface area contributed by atoms with Crippen molar-refractivity contribution in [2.75, 3.05) is 26.0 Å². The number of nitrogens with zero attached hydrogens (tertiary/aromatic N) is 1. The molecule has 0 heterocycles. The first kappa shape index (κ1) is 23.9. The minimum atomic E-state index is -3.90. The van der Waals surface area contributed by atoms with Gasteiger partial charge in [-0.25, -0.2) is 13.1 Å². The van der Waals surface area contributed by atoms with Gasteiger partial charge < -0.3 is 15.0 Å². The van der Waals surface area contributed by atoms with Gasteiger partial charge in [-0.05, 0) is 50.2 Å². The lowest BCUT2D eigenvalue weighted by Crippen LogP contribution is -2.35. The molecule has 2 aromatic rings. The molecular formula is C22H25N3O5S. The Balaban J connectivity index is 2.19. The van der Waals surface area contributed by atoms with Gasteiger partial charge in [-0.3, -0.25) is 9.59 Å². The number of methoxy groups -OCH3 is 1. The number of hydrogen-bond acceptors (Lipinski definition) is 5. The Morgan fingerprint density at radius 3 is 2.52 bits per heavy atom. The predicted molar refractivity (Wildman–Crippen MR) is 118 cm³/mol. The second-order valence-corrected chi connectivity index (χ2v) is 8.76. The van der Waals surface area contributed by atoms with Crippen molar-refractivity contribution >= 4 is 27.5 Å². The van der Waals surface area contributed by atoms with Gasteiger partial charge in [0.25, 0.3) is 5.91 Å². The average Bonchev–Trinajstić information content (AvgIpc) is 2.71. The van der Waals surface area contributed by atoms with E-state index < -0.39 is 21.8 Å². The maximum atomic E-state index is 12.8. The number of amides is 2. The van der Waals surface area contributed by atoms with E-state index in [0.29, 0.717) is 11.3 Å². The summed E-state index contributed by atoms with van der Waals surface area (Å²) < 4.78 is 32.8. The van der Waals surface area contributed by atoms with E-state index in [1.807, 2.05) is 0 Å². The summed E-state index contributed by atoms with van der Waals surface area (Å²) in [5, 5.41) is 2.68. The lowest BCUT2D eigenvalue weighted by Gasteiger charge is -2.18. The SMILES string of the molecule is C#Cc1cccc(NC(=O)CN(C)C(=O)c2ccc(OC)c(S(=O)(=O)NC(C)C)c2)c1. The molecule has 2 rings (SSSR count). The molecule has 0 aliphatic carbocycles. The molecule has 8 nitrogen and oxygen atoms in total. The molecular weight excluding hydrogens is 418 g/mol. The Morgan fingerprint density at radius 1 is 1.19 bits per heavy atom. The number of terminal acetylenes is 1. The van der Waals surface area contributed by atoms with Crippen LogP contribution in [0.15, 0.2) is 47.4 Å². The smallest absolute Gasteiger partial charge is 0.254 e. The van der Waals surface area contributed by atoms with Crippen LogP contribution in [0, 0.1) is 12.3 Å². The highest BCUT2D eigenvalue weighted by molar-refractivity contribution is 7.89. The molecule has 0 aromatic heterocycles. The number of sulfonamides is 1. The van der Waals surface area contributed by atoms with Crippen molar-refractivity contribution in [2.45, 2.75) is 24.8 Å². The van der Waals surface area contributed by atoms with Crippen LogP contribution >= 0.6 is 0 Å². The van der Waals surface area contributed by atoms with E-state index in [0.717, 1.165) is 0 Å². The molecule has 0 atom stereocenters. The van der Waals surface area contributed by atoms with Crippen molar-refractivity contribution in [2.24, 2.45) is 0 Å². The standard InChI is InChI=1S/C22H25N3O5S/c1-6-16-8-7-9-18(12-16)23-21(26)14-25(4)22(27)17-10-11-19(30-5)20(13-17)31(28,29)24-15(2)3/h1,7-13,15,24H,14H2,2-5H3,(H,23,26). The lowest BCUT2D eigenvalue weighted by atomic mass is 10.2. The van der Waals surface area contributed by atoms with E-state index in [1.165, 1.54) is 37.3 Å². The van der Waals surface area contributed by atoms with E-state index >= 15 is 0 Å². The molecule has 0 saturated heterocycles. The second kappa shape index (κ2) is 10.1. The summed E-state index contributed by atoms with van der Waals surface area (Å²) in [6.07, 6.45) is 5.35. The van der Waals surface area contributed by atoms with Crippen LogP contribution in [0.1, 0.15) is 29.8 Å². The summed E-state index contributed by atoms with van der Waals surface area (Å²) in [7, 11) is -1.10. The number of anilines is 1. The molecule has 2 amide bonds. The van der Waals surface area contributed by atoms with E-state index in [9.17, 15) is 18.0 Å². The van der Waals surface area contributed by atoms with Gasteiger partial charge in [0.15, 0.2) is 0 Å². The normalized spacial score (nSPS) is 11.0. The Labute approximate surface area is 182 Å². The highest BCUT2D eigenvalue weighted by Crippen LogP contribution is 2.25. The third-order valence-corrected chi connectivity index (χ3v) is 5.81. The Kier molecular flexibility index (Phi) is 7.80. The van der Waals surface area contributed by atoms with Crippen LogP contribution in [0.4, 0.5) is 5.69 Å². The van der Waals surface area contributed by atoms with Crippen LogP contribution in [-0.2, 0) is 14.8 Å². The molecule has 0 aliphatic rings. The van der Waals surface area contributed by atoms with Crippen LogP contribution in [0.2, 0.25) is 0 Å². The first-order valence-electron chi connectivity index (χ1n) is 9.39. The number of benzene rings is 2. The van der Waals surface area contributed by atoms with Gasteiger partial charge >= 0.3 is 0 Å². The van der Waals surface area contributed by atoms with Crippen LogP contribution < -0.4 is 14.8 Å². The topological polar surface area (TPSA) is 105 Å². The zero-order valence-corrected chi connectivity index (χ0v) is 18.6. The first-order chi connectivity index (χ1) is 14.6. The number of ether oxygens (including phenoxy) is 1. The molecule has 0 radical (unpaired) electrons. The molecule has 2 aromatic carbocycles. The molecule has 0 aliphatic heterocycles. The fourth-order valence-electron chi connectivity index (χ4n) is 2.79. The van der Waals surface area contributed by atoms with E-state index in [4.69, 9.17) is 11.2 Å². The highest BCUT2D eigenvalue weighted by atomic mass is 32.2. The molecule has 0 unspecified atom stereocenters. The van der Waals surface area contributed by atoms with Crippen molar-refractivity contribution < 1.29 is 22.7 Å². The maximum Gasteiger partial charge on any atom is 0.254 e. The average molecular weight is 444 g/mol. The second-order valence-electron chi connectivity index (χ2n) is 7.08. The number of hydrogen-bond donors (Lipinski definition) is 2.